The number of hydrogen-bond donors (Lipinski definition) is 4. The van der Waals surface area contributed by atoms with Gasteiger partial charge in [0, 0.05) is 24.5 Å². The molecule has 5 nitrogen and oxygen atoms in total. The van der Waals surface area contributed by atoms with Crippen molar-refractivity contribution in [3.8, 4) is 11.5 Å². The van der Waals surface area contributed by atoms with Gasteiger partial charge in [0.1, 0.15) is 11.5 Å². The molecule has 304 valence electrons. The molecule has 0 radical (unpaired) electrons. The summed E-state index contributed by atoms with van der Waals surface area (Å²) in [6, 6.07) is 15.9. The van der Waals surface area contributed by atoms with Crippen molar-refractivity contribution in [2.24, 2.45) is 0 Å². The molecule has 0 heterocycles. The van der Waals surface area contributed by atoms with E-state index >= 15 is 0 Å². The summed E-state index contributed by atoms with van der Waals surface area (Å²) in [4.78, 5) is 0. The zero-order valence-corrected chi connectivity index (χ0v) is 34.7. The van der Waals surface area contributed by atoms with Crippen molar-refractivity contribution in [3.05, 3.63) is 48.5 Å². The molecule has 0 saturated heterocycles. The third kappa shape index (κ3) is 27.9. The van der Waals surface area contributed by atoms with E-state index in [1.807, 2.05) is 48.5 Å². The summed E-state index contributed by atoms with van der Waals surface area (Å²) < 4.78 is 6.05. The number of aliphatic hydroxyl groups excluding tert-OH is 2. The largest absolute Gasteiger partial charge is 0.457 e. The number of ether oxygens (including phenoxy) is 1. The molecule has 2 aromatic rings. The maximum absolute atomic E-state index is 10.5. The van der Waals surface area contributed by atoms with Crippen LogP contribution in [0.2, 0.25) is 0 Å². The molecule has 4 N–H and O–H groups in total. The van der Waals surface area contributed by atoms with Gasteiger partial charge in [0.2, 0.25) is 0 Å². The van der Waals surface area contributed by atoms with Crippen LogP contribution in [-0.2, 0) is 0 Å². The van der Waals surface area contributed by atoms with E-state index in [1.165, 1.54) is 167 Å². The van der Waals surface area contributed by atoms with Crippen LogP contribution in [0.1, 0.15) is 206 Å². The summed E-state index contributed by atoms with van der Waals surface area (Å²) in [7, 11) is 0. The molecule has 0 amide bonds. The van der Waals surface area contributed by atoms with Crippen LogP contribution in [0.15, 0.2) is 48.5 Å². The Morgan fingerprint density at radius 3 is 0.887 bits per heavy atom. The highest BCUT2D eigenvalue weighted by Gasteiger charge is 2.07. The maximum Gasteiger partial charge on any atom is 0.127 e. The van der Waals surface area contributed by atoms with Crippen LogP contribution in [0, 0.1) is 0 Å². The summed E-state index contributed by atoms with van der Waals surface area (Å²) in [5.74, 6) is 1.56. The number of nitrogens with one attached hydrogen (secondary N) is 2. The molecule has 0 bridgehead atoms. The van der Waals surface area contributed by atoms with Gasteiger partial charge in [0.05, 0.1) is 12.2 Å². The second kappa shape index (κ2) is 34.3. The zero-order chi connectivity index (χ0) is 37.9. The lowest BCUT2D eigenvalue weighted by molar-refractivity contribution is 0.173. The highest BCUT2D eigenvalue weighted by Crippen LogP contribution is 2.25. The van der Waals surface area contributed by atoms with Gasteiger partial charge in [-0.25, -0.2) is 0 Å². The van der Waals surface area contributed by atoms with Crippen molar-refractivity contribution < 1.29 is 14.9 Å². The average molecular weight is 737 g/mol. The number of aliphatic hydroxyl groups is 2. The van der Waals surface area contributed by atoms with Gasteiger partial charge in [-0.1, -0.05) is 194 Å². The van der Waals surface area contributed by atoms with Crippen LogP contribution < -0.4 is 15.4 Å². The molecular formula is C48H84N2O3. The Hall–Kier alpha value is -2.24. The number of rotatable bonds is 38. The molecule has 53 heavy (non-hydrogen) atoms. The predicted molar refractivity (Wildman–Crippen MR) is 232 cm³/mol. The third-order valence-corrected chi connectivity index (χ3v) is 10.8. The van der Waals surface area contributed by atoms with Crippen LogP contribution >= 0.6 is 0 Å². The minimum absolute atomic E-state index is 0.319. The number of hydrogen-bond acceptors (Lipinski definition) is 5. The molecule has 0 spiro atoms. The first-order valence-electron chi connectivity index (χ1n) is 22.8. The second-order valence-corrected chi connectivity index (χ2v) is 16.0. The molecule has 0 aliphatic rings. The number of benzene rings is 2. The monoisotopic (exact) mass is 737 g/mol. The van der Waals surface area contributed by atoms with Gasteiger partial charge in [-0.05, 0) is 61.4 Å². The highest BCUT2D eigenvalue weighted by atomic mass is 16.5. The molecule has 0 saturated carbocycles. The maximum atomic E-state index is 10.5. The van der Waals surface area contributed by atoms with Gasteiger partial charge in [-0.15, -0.1) is 0 Å². The number of unbranched alkanes of at least 4 members (excludes halogenated alkanes) is 26. The molecular weight excluding hydrogens is 653 g/mol. The van der Waals surface area contributed by atoms with Crippen LogP contribution in [-0.4, -0.2) is 35.5 Å². The first-order valence-corrected chi connectivity index (χ1v) is 22.8. The Balaban J connectivity index is 1.43. The quantitative estimate of drug-likeness (QED) is 0.0517. The molecule has 2 atom stereocenters. The molecule has 2 aromatic carbocycles. The van der Waals surface area contributed by atoms with Crippen molar-refractivity contribution in [3.63, 3.8) is 0 Å². The highest BCUT2D eigenvalue weighted by molar-refractivity contribution is 5.49. The van der Waals surface area contributed by atoms with E-state index in [0.29, 0.717) is 13.1 Å². The topological polar surface area (TPSA) is 73.8 Å². The Morgan fingerprint density at radius 1 is 0.377 bits per heavy atom. The Labute approximate surface area is 327 Å². The Morgan fingerprint density at radius 2 is 0.623 bits per heavy atom. The van der Waals surface area contributed by atoms with E-state index in [2.05, 4.69) is 24.5 Å². The molecule has 0 fully saturated rings. The van der Waals surface area contributed by atoms with Crippen LogP contribution in [0.4, 0.5) is 11.4 Å². The first-order chi connectivity index (χ1) is 26.1. The van der Waals surface area contributed by atoms with Crippen LogP contribution in [0.5, 0.6) is 11.5 Å². The SMILES string of the molecule is CCCCCCCCCCCCCCCCC(O)CNc1ccc(Oc2ccc(NCC(O)CCCCCCCCCCCCCCCC)cc2)cc1. The van der Waals surface area contributed by atoms with Gasteiger partial charge >= 0.3 is 0 Å². The van der Waals surface area contributed by atoms with Crippen LogP contribution in [0.3, 0.4) is 0 Å². The van der Waals surface area contributed by atoms with E-state index in [9.17, 15) is 10.2 Å². The normalized spacial score (nSPS) is 12.5. The van der Waals surface area contributed by atoms with E-state index in [0.717, 1.165) is 48.6 Å². The van der Waals surface area contributed by atoms with Crippen LogP contribution in [0.25, 0.3) is 0 Å². The van der Waals surface area contributed by atoms with Crippen molar-refractivity contribution in [1.82, 2.24) is 0 Å². The van der Waals surface area contributed by atoms with Gasteiger partial charge in [0.25, 0.3) is 0 Å². The number of anilines is 2. The van der Waals surface area contributed by atoms with E-state index in [1.54, 1.807) is 0 Å². The van der Waals surface area contributed by atoms with Gasteiger partial charge in [-0.3, -0.25) is 0 Å². The fourth-order valence-electron chi connectivity index (χ4n) is 7.24. The summed E-state index contributed by atoms with van der Waals surface area (Å²) in [5.41, 5.74) is 1.98. The predicted octanol–water partition coefficient (Wildman–Crippen LogP) is 14.8. The van der Waals surface area contributed by atoms with Crippen molar-refractivity contribution in [1.29, 1.82) is 0 Å². The molecule has 0 aliphatic carbocycles. The fraction of sp³-hybridized carbons (Fsp3) is 0.750. The van der Waals surface area contributed by atoms with E-state index in [4.69, 9.17) is 4.74 Å². The summed E-state index contributed by atoms with van der Waals surface area (Å²) >= 11 is 0. The fourth-order valence-corrected chi connectivity index (χ4v) is 7.24. The van der Waals surface area contributed by atoms with Crippen molar-refractivity contribution in [2.45, 2.75) is 219 Å². The summed E-state index contributed by atoms with van der Waals surface area (Å²) in [6.45, 7) is 5.71. The second-order valence-electron chi connectivity index (χ2n) is 16.0. The van der Waals surface area contributed by atoms with Gasteiger partial charge in [-0.2, -0.15) is 0 Å². The summed E-state index contributed by atoms with van der Waals surface area (Å²) in [6.07, 6.45) is 39.0. The average Bonchev–Trinajstić information content (AvgIpc) is 3.17. The van der Waals surface area contributed by atoms with Crippen molar-refractivity contribution >= 4 is 11.4 Å². The lowest BCUT2D eigenvalue weighted by Gasteiger charge is -2.14. The van der Waals surface area contributed by atoms with Gasteiger partial charge < -0.3 is 25.6 Å². The lowest BCUT2D eigenvalue weighted by atomic mass is 10.0. The molecule has 2 rings (SSSR count). The minimum Gasteiger partial charge on any atom is -0.457 e. The third-order valence-electron chi connectivity index (χ3n) is 10.8. The lowest BCUT2D eigenvalue weighted by Crippen LogP contribution is -2.19. The van der Waals surface area contributed by atoms with E-state index in [-0.39, 0.29) is 12.2 Å². The Bertz CT molecular complexity index is 960. The molecule has 5 heteroatoms. The molecule has 2 unspecified atom stereocenters. The first kappa shape index (κ1) is 46.9. The Kier molecular flexibility index (Phi) is 30.3. The zero-order valence-electron chi connectivity index (χ0n) is 34.7. The molecule has 0 aliphatic heterocycles. The standard InChI is InChI=1S/C48H84N2O3/c1-3-5-7-9-11-13-15-17-19-21-23-25-27-29-31-45(51)41-49-43-33-37-47(38-34-43)53-48-39-35-44(36-40-48)50-42-46(52)32-30-28-26-24-22-20-18-16-14-12-10-8-6-4-2/h33-40,45-46,49-52H,3-32,41-42H2,1-2H3. The van der Waals surface area contributed by atoms with E-state index < -0.39 is 0 Å². The van der Waals surface area contributed by atoms with Crippen molar-refractivity contribution in [2.75, 3.05) is 23.7 Å². The summed E-state index contributed by atoms with van der Waals surface area (Å²) in [5, 5.41) is 27.6. The smallest absolute Gasteiger partial charge is 0.127 e. The van der Waals surface area contributed by atoms with Gasteiger partial charge in [0.15, 0.2) is 0 Å². The molecule has 0 aromatic heterocycles. The minimum atomic E-state index is -0.319.